The highest BCUT2D eigenvalue weighted by atomic mass is 32.1. The number of anilines is 1. The number of piperidine rings is 1. The number of aromatic nitrogens is 3. The van der Waals surface area contributed by atoms with Gasteiger partial charge in [0.2, 0.25) is 10.3 Å². The fraction of sp³-hybridized carbons (Fsp3) is 0.409. The van der Waals surface area contributed by atoms with E-state index in [0.717, 1.165) is 35.3 Å². The number of hydrogen-bond donors (Lipinski definition) is 1. The van der Waals surface area contributed by atoms with Crippen LogP contribution in [0.25, 0.3) is 5.13 Å². The molecule has 164 valence electrons. The van der Waals surface area contributed by atoms with E-state index in [4.69, 9.17) is 9.47 Å². The Kier molecular flexibility index (Phi) is 6.71. The Morgan fingerprint density at radius 3 is 2.68 bits per heavy atom. The van der Waals surface area contributed by atoms with Gasteiger partial charge in [0.1, 0.15) is 17.2 Å². The third-order valence-electron chi connectivity index (χ3n) is 5.39. The molecule has 0 atom stereocenters. The van der Waals surface area contributed by atoms with E-state index in [0.29, 0.717) is 23.8 Å². The van der Waals surface area contributed by atoms with Gasteiger partial charge >= 0.3 is 0 Å². The Morgan fingerprint density at radius 2 is 1.90 bits per heavy atom. The first kappa shape index (κ1) is 21.2. The lowest BCUT2D eigenvalue weighted by molar-refractivity contribution is 0.0947. The van der Waals surface area contributed by atoms with Crippen molar-refractivity contribution in [1.29, 1.82) is 0 Å². The van der Waals surface area contributed by atoms with Gasteiger partial charge in [0.05, 0.1) is 14.2 Å². The molecule has 9 heteroatoms. The second-order valence-electron chi connectivity index (χ2n) is 7.36. The third-order valence-corrected chi connectivity index (χ3v) is 6.38. The zero-order valence-electron chi connectivity index (χ0n) is 17.8. The molecule has 1 amide bonds. The molecule has 1 saturated heterocycles. The molecule has 31 heavy (non-hydrogen) atoms. The number of methoxy groups -OCH3 is 2. The average molecular weight is 442 g/mol. The van der Waals surface area contributed by atoms with Crippen molar-refractivity contribution in [2.45, 2.75) is 25.7 Å². The summed E-state index contributed by atoms with van der Waals surface area (Å²) in [4.78, 5) is 15.1. The minimum absolute atomic E-state index is 0.146. The van der Waals surface area contributed by atoms with Gasteiger partial charge in [-0.1, -0.05) is 17.4 Å². The summed E-state index contributed by atoms with van der Waals surface area (Å²) in [5.41, 5.74) is 1.55. The number of rotatable bonds is 8. The van der Waals surface area contributed by atoms with E-state index in [-0.39, 0.29) is 5.91 Å². The van der Waals surface area contributed by atoms with Crippen LogP contribution in [0, 0.1) is 0 Å². The summed E-state index contributed by atoms with van der Waals surface area (Å²) >= 11 is 1.52. The van der Waals surface area contributed by atoms with Crippen molar-refractivity contribution in [3.63, 3.8) is 0 Å². The van der Waals surface area contributed by atoms with E-state index in [1.54, 1.807) is 24.9 Å². The van der Waals surface area contributed by atoms with Crippen LogP contribution < -0.4 is 19.7 Å². The number of hydrogen-bond acceptors (Lipinski definition) is 7. The van der Waals surface area contributed by atoms with Crippen molar-refractivity contribution < 1.29 is 14.3 Å². The van der Waals surface area contributed by atoms with Gasteiger partial charge in [-0.15, -0.1) is 10.2 Å². The lowest BCUT2D eigenvalue weighted by atomic mass is 10.1. The highest BCUT2D eigenvalue weighted by molar-refractivity contribution is 7.17. The summed E-state index contributed by atoms with van der Waals surface area (Å²) in [6.45, 7) is 2.52. The van der Waals surface area contributed by atoms with Gasteiger partial charge in [-0.05, 0) is 49.4 Å². The largest absolute Gasteiger partial charge is 0.497 e. The molecule has 1 aliphatic rings. The van der Waals surface area contributed by atoms with Gasteiger partial charge < -0.3 is 19.7 Å². The molecule has 1 aromatic carbocycles. The van der Waals surface area contributed by atoms with Crippen LogP contribution in [0.2, 0.25) is 0 Å². The van der Waals surface area contributed by atoms with Gasteiger partial charge in [-0.2, -0.15) is 0 Å². The Balaban J connectivity index is 1.40. The fourth-order valence-electron chi connectivity index (χ4n) is 3.71. The first-order valence-electron chi connectivity index (χ1n) is 10.4. The standard InChI is InChI=1S/C22H27N5O3S/c1-29-17-9-8-16(19(15-17)30-2)10-11-23-20(28)18-7-6-14-27(18)22-25-24-21(31-22)26-12-4-3-5-13-26/h6-9,14-15H,3-5,10-13H2,1-2H3,(H,23,28). The molecule has 0 aliphatic carbocycles. The molecule has 0 saturated carbocycles. The molecular formula is C22H27N5O3S. The van der Waals surface area contributed by atoms with Crippen molar-refractivity contribution in [2.75, 3.05) is 38.8 Å². The predicted molar refractivity (Wildman–Crippen MR) is 121 cm³/mol. The number of amides is 1. The third kappa shape index (κ3) is 4.82. The molecule has 8 nitrogen and oxygen atoms in total. The number of benzene rings is 1. The van der Waals surface area contributed by atoms with E-state index in [1.807, 2.05) is 30.5 Å². The highest BCUT2D eigenvalue weighted by Gasteiger charge is 2.19. The van der Waals surface area contributed by atoms with Crippen LogP contribution in [0.1, 0.15) is 35.3 Å². The van der Waals surface area contributed by atoms with Gasteiger partial charge in [-0.25, -0.2) is 0 Å². The second-order valence-corrected chi connectivity index (χ2v) is 8.30. The Bertz CT molecular complexity index is 1030. The smallest absolute Gasteiger partial charge is 0.268 e. The second kappa shape index (κ2) is 9.82. The molecule has 3 aromatic rings. The summed E-state index contributed by atoms with van der Waals surface area (Å²) in [6, 6.07) is 9.34. The highest BCUT2D eigenvalue weighted by Crippen LogP contribution is 2.27. The fourth-order valence-corrected chi connectivity index (χ4v) is 4.61. The van der Waals surface area contributed by atoms with Crippen LogP contribution in [0.4, 0.5) is 5.13 Å². The quantitative estimate of drug-likeness (QED) is 0.578. The van der Waals surface area contributed by atoms with Crippen LogP contribution in [0.3, 0.4) is 0 Å². The molecular weight excluding hydrogens is 414 g/mol. The SMILES string of the molecule is COc1ccc(CCNC(=O)c2cccn2-c2nnc(N3CCCCC3)s2)c(OC)c1. The molecule has 0 radical (unpaired) electrons. The molecule has 0 bridgehead atoms. The molecule has 1 aliphatic heterocycles. The van der Waals surface area contributed by atoms with Crippen molar-refractivity contribution in [3.8, 4) is 16.6 Å². The summed E-state index contributed by atoms with van der Waals surface area (Å²) in [5, 5.41) is 13.3. The van der Waals surface area contributed by atoms with Crippen molar-refractivity contribution in [2.24, 2.45) is 0 Å². The normalized spacial score (nSPS) is 13.8. The topological polar surface area (TPSA) is 81.5 Å². The predicted octanol–water partition coefficient (Wildman–Crippen LogP) is 3.31. The van der Waals surface area contributed by atoms with Crippen LogP contribution in [0.15, 0.2) is 36.5 Å². The summed E-state index contributed by atoms with van der Waals surface area (Å²) < 4.78 is 12.5. The maximum Gasteiger partial charge on any atom is 0.268 e. The van der Waals surface area contributed by atoms with Crippen molar-refractivity contribution >= 4 is 22.4 Å². The summed E-state index contributed by atoms with van der Waals surface area (Å²) in [5.74, 6) is 1.34. The zero-order chi connectivity index (χ0) is 21.6. The van der Waals surface area contributed by atoms with Crippen LogP contribution in [-0.2, 0) is 6.42 Å². The lowest BCUT2D eigenvalue weighted by Crippen LogP contribution is -2.29. The minimum Gasteiger partial charge on any atom is -0.497 e. The first-order valence-corrected chi connectivity index (χ1v) is 11.3. The Morgan fingerprint density at radius 1 is 1.10 bits per heavy atom. The van der Waals surface area contributed by atoms with Crippen LogP contribution >= 0.6 is 11.3 Å². The molecule has 0 spiro atoms. The summed E-state index contributed by atoms with van der Waals surface area (Å²) in [7, 11) is 3.25. The van der Waals surface area contributed by atoms with E-state index >= 15 is 0 Å². The molecule has 4 rings (SSSR count). The molecule has 2 aromatic heterocycles. The number of nitrogens with one attached hydrogen (secondary N) is 1. The molecule has 1 N–H and O–H groups in total. The Hall–Kier alpha value is -3.07. The van der Waals surface area contributed by atoms with Crippen LogP contribution in [-0.4, -0.2) is 54.5 Å². The average Bonchev–Trinajstić information content (AvgIpc) is 3.49. The molecule has 1 fully saturated rings. The Labute approximate surface area is 185 Å². The molecule has 3 heterocycles. The zero-order valence-corrected chi connectivity index (χ0v) is 18.7. The number of ether oxygens (including phenoxy) is 2. The van der Waals surface area contributed by atoms with Gasteiger partial charge in [-0.3, -0.25) is 9.36 Å². The molecule has 0 unspecified atom stereocenters. The van der Waals surface area contributed by atoms with Crippen molar-refractivity contribution in [3.05, 3.63) is 47.8 Å². The van der Waals surface area contributed by atoms with E-state index in [1.165, 1.54) is 30.6 Å². The van der Waals surface area contributed by atoms with Crippen molar-refractivity contribution in [1.82, 2.24) is 20.1 Å². The van der Waals surface area contributed by atoms with E-state index in [2.05, 4.69) is 20.4 Å². The first-order chi connectivity index (χ1) is 15.2. The van der Waals surface area contributed by atoms with Crippen LogP contribution in [0.5, 0.6) is 11.5 Å². The lowest BCUT2D eigenvalue weighted by Gasteiger charge is -2.25. The van der Waals surface area contributed by atoms with Gasteiger partial charge in [0.25, 0.3) is 5.91 Å². The number of carbonyl (C=O) groups is 1. The van der Waals surface area contributed by atoms with Gasteiger partial charge in [0.15, 0.2) is 0 Å². The maximum absolute atomic E-state index is 12.8. The number of carbonyl (C=O) groups excluding carboxylic acids is 1. The van der Waals surface area contributed by atoms with E-state index in [9.17, 15) is 4.79 Å². The van der Waals surface area contributed by atoms with E-state index < -0.39 is 0 Å². The number of nitrogens with zero attached hydrogens (tertiary/aromatic N) is 4. The van der Waals surface area contributed by atoms with Gasteiger partial charge in [0, 0.05) is 31.9 Å². The maximum atomic E-state index is 12.8. The summed E-state index contributed by atoms with van der Waals surface area (Å²) in [6.07, 6.45) is 6.14. The minimum atomic E-state index is -0.146. The monoisotopic (exact) mass is 441 g/mol.